The van der Waals surface area contributed by atoms with E-state index < -0.39 is 0 Å². The summed E-state index contributed by atoms with van der Waals surface area (Å²) in [5, 5.41) is 0.749. The van der Waals surface area contributed by atoms with Gasteiger partial charge in [-0.05, 0) is 42.5 Å². The summed E-state index contributed by atoms with van der Waals surface area (Å²) in [6.07, 6.45) is 8.60. The van der Waals surface area contributed by atoms with E-state index in [1.54, 1.807) is 6.20 Å². The molecule has 0 aliphatic heterocycles. The van der Waals surface area contributed by atoms with Crippen LogP contribution in [0.1, 0.15) is 37.7 Å². The normalized spacial score (nSPS) is 18.6. The third-order valence-electron chi connectivity index (χ3n) is 5.18. The van der Waals surface area contributed by atoms with Gasteiger partial charge in [0.1, 0.15) is 5.03 Å². The number of aromatic nitrogens is 1. The lowest BCUT2D eigenvalue weighted by molar-refractivity contribution is -0.114. The van der Waals surface area contributed by atoms with Crippen LogP contribution in [0.4, 0.5) is 0 Å². The fourth-order valence-corrected chi connectivity index (χ4v) is 4.85. The maximum atomic E-state index is 13.5. The zero-order valence-electron chi connectivity index (χ0n) is 15.1. The Labute approximate surface area is 163 Å². The molecule has 1 fully saturated rings. The van der Waals surface area contributed by atoms with Gasteiger partial charge in [0.2, 0.25) is 0 Å². The van der Waals surface area contributed by atoms with Crippen LogP contribution in [0.5, 0.6) is 0 Å². The molecule has 0 saturated heterocycles. The minimum atomic E-state index is -0.0790. The van der Waals surface area contributed by atoms with Crippen LogP contribution in [-0.2, 0) is 9.59 Å². The molecule has 0 atom stereocenters. The predicted molar refractivity (Wildman–Crippen MR) is 108 cm³/mol. The molecule has 0 amide bonds. The molecule has 4 rings (SSSR count). The summed E-state index contributed by atoms with van der Waals surface area (Å²) in [6.45, 7) is 0. The van der Waals surface area contributed by atoms with Crippen molar-refractivity contribution in [1.29, 1.82) is 0 Å². The second kappa shape index (κ2) is 8.05. The number of ketones is 2. The summed E-state index contributed by atoms with van der Waals surface area (Å²) in [4.78, 5) is 31.4. The molecule has 3 nitrogen and oxygen atoms in total. The lowest BCUT2D eigenvalue weighted by Crippen LogP contribution is -2.24. The molecule has 1 saturated carbocycles. The van der Waals surface area contributed by atoms with Gasteiger partial charge in [0.25, 0.3) is 0 Å². The van der Waals surface area contributed by atoms with Gasteiger partial charge < -0.3 is 0 Å². The Hall–Kier alpha value is -2.46. The second-order valence-corrected chi connectivity index (χ2v) is 8.00. The van der Waals surface area contributed by atoms with E-state index in [-0.39, 0.29) is 17.5 Å². The molecule has 2 aromatic rings. The highest BCUT2D eigenvalue weighted by Gasteiger charge is 2.35. The highest BCUT2D eigenvalue weighted by Crippen LogP contribution is 2.42. The average Bonchev–Trinajstić information content (AvgIpc) is 2.73. The van der Waals surface area contributed by atoms with Crippen molar-refractivity contribution < 1.29 is 9.59 Å². The Morgan fingerprint density at radius 3 is 2.33 bits per heavy atom. The van der Waals surface area contributed by atoms with Crippen molar-refractivity contribution in [3.05, 3.63) is 76.8 Å². The average molecular weight is 375 g/mol. The van der Waals surface area contributed by atoms with Gasteiger partial charge >= 0.3 is 0 Å². The van der Waals surface area contributed by atoms with Gasteiger partial charge in [0.05, 0.1) is 4.91 Å². The highest BCUT2D eigenvalue weighted by molar-refractivity contribution is 8.04. The molecule has 0 unspecified atom stereocenters. The zero-order chi connectivity index (χ0) is 18.6. The Bertz CT molecular complexity index is 910. The first-order chi connectivity index (χ1) is 13.2. The van der Waals surface area contributed by atoms with Crippen LogP contribution in [0, 0.1) is 5.92 Å². The minimum Gasteiger partial charge on any atom is -0.289 e. The zero-order valence-corrected chi connectivity index (χ0v) is 15.9. The number of Topliss-reactive ketones (excluding diaryl/α,β-unsaturated/α-hetero) is 1. The topological polar surface area (TPSA) is 47.0 Å². The van der Waals surface area contributed by atoms with Crippen LogP contribution < -0.4 is 0 Å². The van der Waals surface area contributed by atoms with Crippen molar-refractivity contribution in [3.8, 4) is 0 Å². The van der Waals surface area contributed by atoms with Crippen molar-refractivity contribution in [2.24, 2.45) is 5.92 Å². The molecule has 4 heteroatoms. The van der Waals surface area contributed by atoms with Gasteiger partial charge in [0, 0.05) is 17.3 Å². The molecule has 0 radical (unpaired) electrons. The van der Waals surface area contributed by atoms with Gasteiger partial charge in [-0.3, -0.25) is 9.59 Å². The number of hydrogen-bond donors (Lipinski definition) is 0. The molecule has 136 valence electrons. The third kappa shape index (κ3) is 3.81. The first kappa shape index (κ1) is 17.9. The number of allylic oxidation sites excluding steroid dienone is 4. The monoisotopic (exact) mass is 375 g/mol. The Kier molecular flexibility index (Phi) is 5.35. The van der Waals surface area contributed by atoms with E-state index in [2.05, 4.69) is 4.98 Å². The molecule has 2 aliphatic rings. The summed E-state index contributed by atoms with van der Waals surface area (Å²) in [6, 6.07) is 15.1. The van der Waals surface area contributed by atoms with E-state index in [0.717, 1.165) is 36.3 Å². The minimum absolute atomic E-state index is 0.00568. The van der Waals surface area contributed by atoms with E-state index in [0.29, 0.717) is 16.1 Å². The summed E-state index contributed by atoms with van der Waals surface area (Å²) >= 11 is 1.33. The highest BCUT2D eigenvalue weighted by atomic mass is 32.2. The van der Waals surface area contributed by atoms with E-state index >= 15 is 0 Å². The number of thioether (sulfide) groups is 1. The van der Waals surface area contributed by atoms with Crippen molar-refractivity contribution >= 4 is 28.9 Å². The smallest absolute Gasteiger partial charge is 0.193 e. The third-order valence-corrected chi connectivity index (χ3v) is 6.25. The summed E-state index contributed by atoms with van der Waals surface area (Å²) in [5.41, 5.74) is 2.04. The van der Waals surface area contributed by atoms with Crippen molar-refractivity contribution in [1.82, 2.24) is 4.98 Å². The molecule has 0 bridgehead atoms. The molecule has 0 spiro atoms. The Morgan fingerprint density at radius 2 is 1.63 bits per heavy atom. The lowest BCUT2D eigenvalue weighted by atomic mass is 9.77. The molecule has 1 heterocycles. The quantitative estimate of drug-likeness (QED) is 0.685. The maximum Gasteiger partial charge on any atom is 0.193 e. The van der Waals surface area contributed by atoms with Crippen LogP contribution >= 0.6 is 11.8 Å². The van der Waals surface area contributed by atoms with Crippen LogP contribution in [0.2, 0.25) is 0 Å². The first-order valence-corrected chi connectivity index (χ1v) is 10.2. The second-order valence-electron chi connectivity index (χ2n) is 6.97. The number of benzene rings is 1. The molecule has 27 heavy (non-hydrogen) atoms. The van der Waals surface area contributed by atoms with Crippen LogP contribution in [0.15, 0.2) is 76.3 Å². The summed E-state index contributed by atoms with van der Waals surface area (Å²) < 4.78 is 0. The van der Waals surface area contributed by atoms with E-state index in [9.17, 15) is 9.59 Å². The fourth-order valence-electron chi connectivity index (χ4n) is 3.85. The molecule has 1 aromatic carbocycles. The van der Waals surface area contributed by atoms with Gasteiger partial charge in [0.15, 0.2) is 11.6 Å². The molecule has 1 aromatic heterocycles. The van der Waals surface area contributed by atoms with Crippen molar-refractivity contribution in [3.63, 3.8) is 0 Å². The van der Waals surface area contributed by atoms with Gasteiger partial charge in [-0.25, -0.2) is 4.98 Å². The molecular weight excluding hydrogens is 354 g/mol. The van der Waals surface area contributed by atoms with Crippen LogP contribution in [0.25, 0.3) is 5.57 Å². The molecule has 0 N–H and O–H groups in total. The van der Waals surface area contributed by atoms with Crippen LogP contribution in [0.3, 0.4) is 0 Å². The van der Waals surface area contributed by atoms with E-state index in [4.69, 9.17) is 0 Å². The summed E-state index contributed by atoms with van der Waals surface area (Å²) in [5.74, 6) is 0.0876. The molecule has 2 aliphatic carbocycles. The first-order valence-electron chi connectivity index (χ1n) is 9.43. The fraction of sp³-hybridized carbons (Fsp3) is 0.261. The maximum absolute atomic E-state index is 13.5. The standard InChI is InChI=1S/C23H21NO2S/c25-19-15-18(16-9-3-1-4-10-16)22(26)21(17-11-5-2-6-12-17)23(19)27-20-13-7-8-14-24-20/h1,3-4,7-10,13-15,17H,2,5-6,11-12H2. The number of pyridine rings is 1. The SMILES string of the molecule is O=C1C=C(c2ccccc2)C(=O)C(C2CCCCC2)=C1Sc1ccccn1. The van der Waals surface area contributed by atoms with Gasteiger partial charge in [-0.1, -0.05) is 67.4 Å². The Balaban J connectivity index is 1.76. The van der Waals surface area contributed by atoms with Gasteiger partial charge in [-0.15, -0.1) is 0 Å². The summed E-state index contributed by atoms with van der Waals surface area (Å²) in [7, 11) is 0. The van der Waals surface area contributed by atoms with Gasteiger partial charge in [-0.2, -0.15) is 0 Å². The van der Waals surface area contributed by atoms with Crippen LogP contribution in [-0.4, -0.2) is 16.6 Å². The number of carbonyl (C=O) groups is 2. The largest absolute Gasteiger partial charge is 0.289 e. The number of nitrogens with zero attached hydrogens (tertiary/aromatic N) is 1. The molecular formula is C23H21NO2S. The number of carbonyl (C=O) groups excluding carboxylic acids is 2. The number of hydrogen-bond acceptors (Lipinski definition) is 4. The lowest BCUT2D eigenvalue weighted by Gasteiger charge is -2.28. The van der Waals surface area contributed by atoms with E-state index in [1.165, 1.54) is 24.3 Å². The van der Waals surface area contributed by atoms with Crippen molar-refractivity contribution in [2.75, 3.05) is 0 Å². The predicted octanol–water partition coefficient (Wildman–Crippen LogP) is 5.24. The van der Waals surface area contributed by atoms with E-state index in [1.807, 2.05) is 48.5 Å². The number of rotatable bonds is 4. The van der Waals surface area contributed by atoms with Crippen molar-refractivity contribution in [2.45, 2.75) is 37.1 Å². The Morgan fingerprint density at radius 1 is 0.889 bits per heavy atom.